The molecule has 1 saturated carbocycles. The summed E-state index contributed by atoms with van der Waals surface area (Å²) in [7, 11) is 1.85. The molecule has 0 spiro atoms. The molecular weight excluding hydrogens is 202 g/mol. The molecule has 3 unspecified atom stereocenters. The molecule has 1 aliphatic carbocycles. The highest BCUT2D eigenvalue weighted by atomic mass is 16.5. The highest BCUT2D eigenvalue weighted by Crippen LogP contribution is 2.34. The fourth-order valence-electron chi connectivity index (χ4n) is 2.88. The molecule has 3 fully saturated rings. The Morgan fingerprint density at radius 2 is 2.06 bits per heavy atom. The number of rotatable bonds is 2. The molecule has 16 heavy (non-hydrogen) atoms. The number of guanidine groups is 1. The maximum atomic E-state index is 5.83. The van der Waals surface area contributed by atoms with Crippen molar-refractivity contribution in [3.05, 3.63) is 0 Å². The molecule has 2 saturated heterocycles. The minimum atomic E-state index is 0.421. The van der Waals surface area contributed by atoms with Gasteiger partial charge in [0.25, 0.3) is 0 Å². The van der Waals surface area contributed by atoms with Gasteiger partial charge in [0.1, 0.15) is 0 Å². The SMILES string of the molecule is CN=C(NC1CCC1)NC1CC2CCC1O2. The lowest BCUT2D eigenvalue weighted by Gasteiger charge is -2.30. The smallest absolute Gasteiger partial charge is 0.191 e. The molecule has 3 atom stereocenters. The summed E-state index contributed by atoms with van der Waals surface area (Å²) < 4.78 is 5.83. The van der Waals surface area contributed by atoms with Crippen molar-refractivity contribution in [1.82, 2.24) is 10.6 Å². The lowest BCUT2D eigenvalue weighted by Crippen LogP contribution is -2.51. The van der Waals surface area contributed by atoms with Gasteiger partial charge < -0.3 is 15.4 Å². The summed E-state index contributed by atoms with van der Waals surface area (Å²) in [4.78, 5) is 4.30. The van der Waals surface area contributed by atoms with Gasteiger partial charge in [-0.05, 0) is 38.5 Å². The van der Waals surface area contributed by atoms with Crippen LogP contribution in [0.4, 0.5) is 0 Å². The van der Waals surface area contributed by atoms with Gasteiger partial charge in [0.15, 0.2) is 5.96 Å². The Kier molecular flexibility index (Phi) is 2.75. The molecule has 90 valence electrons. The molecule has 0 aromatic heterocycles. The molecule has 3 aliphatic rings. The monoisotopic (exact) mass is 223 g/mol. The second-order valence-electron chi connectivity index (χ2n) is 5.20. The van der Waals surface area contributed by atoms with E-state index in [4.69, 9.17) is 4.74 Å². The molecule has 4 nitrogen and oxygen atoms in total. The Bertz CT molecular complexity index is 288. The average molecular weight is 223 g/mol. The van der Waals surface area contributed by atoms with Crippen LogP contribution < -0.4 is 10.6 Å². The Morgan fingerprint density at radius 3 is 2.56 bits per heavy atom. The van der Waals surface area contributed by atoms with E-state index in [1.807, 2.05) is 7.05 Å². The highest BCUT2D eigenvalue weighted by molar-refractivity contribution is 5.80. The first-order chi connectivity index (χ1) is 7.85. The summed E-state index contributed by atoms with van der Waals surface area (Å²) in [6.45, 7) is 0. The first-order valence-corrected chi connectivity index (χ1v) is 6.50. The zero-order valence-corrected chi connectivity index (χ0v) is 9.91. The van der Waals surface area contributed by atoms with Crippen molar-refractivity contribution >= 4 is 5.96 Å². The number of aliphatic imine (C=N–C) groups is 1. The van der Waals surface area contributed by atoms with Crippen LogP contribution in [-0.4, -0.2) is 37.3 Å². The summed E-state index contributed by atoms with van der Waals surface area (Å²) in [6, 6.07) is 1.12. The van der Waals surface area contributed by atoms with Gasteiger partial charge >= 0.3 is 0 Å². The van der Waals surface area contributed by atoms with Crippen LogP contribution in [0.1, 0.15) is 38.5 Å². The maximum absolute atomic E-state index is 5.83. The van der Waals surface area contributed by atoms with E-state index in [1.54, 1.807) is 0 Å². The minimum Gasteiger partial charge on any atom is -0.373 e. The largest absolute Gasteiger partial charge is 0.373 e. The molecule has 2 heterocycles. The van der Waals surface area contributed by atoms with Gasteiger partial charge in [-0.1, -0.05) is 0 Å². The Labute approximate surface area is 96.8 Å². The molecule has 2 N–H and O–H groups in total. The third-order valence-electron chi connectivity index (χ3n) is 4.10. The second kappa shape index (κ2) is 4.24. The van der Waals surface area contributed by atoms with Crippen LogP contribution in [0.3, 0.4) is 0 Å². The van der Waals surface area contributed by atoms with Crippen LogP contribution >= 0.6 is 0 Å². The first kappa shape index (κ1) is 10.4. The number of hydrogen-bond donors (Lipinski definition) is 2. The zero-order chi connectivity index (χ0) is 11.0. The van der Waals surface area contributed by atoms with Crippen LogP contribution in [0.2, 0.25) is 0 Å². The molecule has 0 amide bonds. The van der Waals surface area contributed by atoms with Crippen molar-refractivity contribution in [3.8, 4) is 0 Å². The van der Waals surface area contributed by atoms with E-state index in [-0.39, 0.29) is 0 Å². The van der Waals surface area contributed by atoms with Crippen molar-refractivity contribution in [2.75, 3.05) is 7.05 Å². The number of fused-ring (bicyclic) bond motifs is 2. The number of hydrogen-bond acceptors (Lipinski definition) is 2. The van der Waals surface area contributed by atoms with Crippen LogP contribution in [0, 0.1) is 0 Å². The standard InChI is InChI=1S/C12H21N3O/c1-13-12(14-8-3-2-4-8)15-10-7-9-5-6-11(10)16-9/h8-11H,2-7H2,1H3,(H2,13,14,15). The van der Waals surface area contributed by atoms with Crippen LogP contribution in [0.15, 0.2) is 4.99 Å². The third kappa shape index (κ3) is 1.90. The lowest BCUT2D eigenvalue weighted by molar-refractivity contribution is 0.0991. The van der Waals surface area contributed by atoms with E-state index in [2.05, 4.69) is 15.6 Å². The summed E-state index contributed by atoms with van der Waals surface area (Å²) >= 11 is 0. The van der Waals surface area contributed by atoms with Gasteiger partial charge in [-0.3, -0.25) is 4.99 Å². The van der Waals surface area contributed by atoms with Crippen LogP contribution in [0.5, 0.6) is 0 Å². The summed E-state index contributed by atoms with van der Waals surface area (Å²) in [5.41, 5.74) is 0. The molecule has 0 aromatic rings. The Hall–Kier alpha value is -0.770. The predicted octanol–water partition coefficient (Wildman–Crippen LogP) is 1.02. The van der Waals surface area contributed by atoms with Crippen molar-refractivity contribution in [2.24, 2.45) is 4.99 Å². The van der Waals surface area contributed by atoms with Crippen LogP contribution in [0.25, 0.3) is 0 Å². The minimum absolute atomic E-state index is 0.421. The molecule has 3 rings (SSSR count). The fourth-order valence-corrected chi connectivity index (χ4v) is 2.88. The Balaban J connectivity index is 1.52. The maximum Gasteiger partial charge on any atom is 0.191 e. The van der Waals surface area contributed by atoms with E-state index >= 15 is 0 Å². The number of ether oxygens (including phenoxy) is 1. The van der Waals surface area contributed by atoms with Crippen molar-refractivity contribution in [1.29, 1.82) is 0 Å². The quantitative estimate of drug-likeness (QED) is 0.543. The van der Waals surface area contributed by atoms with E-state index in [0.717, 1.165) is 12.4 Å². The van der Waals surface area contributed by atoms with Gasteiger partial charge in [-0.25, -0.2) is 0 Å². The fraction of sp³-hybridized carbons (Fsp3) is 0.917. The molecule has 4 heteroatoms. The molecule has 2 aliphatic heterocycles. The molecule has 2 bridgehead atoms. The molecular formula is C12H21N3O. The van der Waals surface area contributed by atoms with Gasteiger partial charge in [0.2, 0.25) is 0 Å². The van der Waals surface area contributed by atoms with Crippen molar-refractivity contribution in [3.63, 3.8) is 0 Å². The van der Waals surface area contributed by atoms with E-state index < -0.39 is 0 Å². The van der Waals surface area contributed by atoms with Gasteiger partial charge in [-0.2, -0.15) is 0 Å². The van der Waals surface area contributed by atoms with E-state index in [0.29, 0.717) is 24.3 Å². The molecule has 0 radical (unpaired) electrons. The van der Waals surface area contributed by atoms with Crippen molar-refractivity contribution in [2.45, 2.75) is 62.8 Å². The topological polar surface area (TPSA) is 45.7 Å². The zero-order valence-electron chi connectivity index (χ0n) is 9.91. The second-order valence-corrected chi connectivity index (χ2v) is 5.20. The van der Waals surface area contributed by atoms with Crippen molar-refractivity contribution < 1.29 is 4.74 Å². The lowest BCUT2D eigenvalue weighted by atomic mass is 9.93. The van der Waals surface area contributed by atoms with Gasteiger partial charge in [0, 0.05) is 13.1 Å². The third-order valence-corrected chi connectivity index (χ3v) is 4.10. The highest BCUT2D eigenvalue weighted by Gasteiger charge is 2.41. The first-order valence-electron chi connectivity index (χ1n) is 6.50. The number of nitrogens with one attached hydrogen (secondary N) is 2. The summed E-state index contributed by atoms with van der Waals surface area (Å²) in [6.07, 6.45) is 8.46. The normalized spacial score (nSPS) is 38.6. The average Bonchev–Trinajstić information content (AvgIpc) is 2.82. The number of nitrogens with zero attached hydrogens (tertiary/aromatic N) is 1. The van der Waals surface area contributed by atoms with E-state index in [1.165, 1.54) is 32.1 Å². The molecule has 0 aromatic carbocycles. The summed E-state index contributed by atoms with van der Waals surface area (Å²) in [5.74, 6) is 0.964. The van der Waals surface area contributed by atoms with Crippen LogP contribution in [-0.2, 0) is 4.74 Å². The van der Waals surface area contributed by atoms with E-state index in [9.17, 15) is 0 Å². The predicted molar refractivity (Wildman–Crippen MR) is 63.6 cm³/mol. The summed E-state index contributed by atoms with van der Waals surface area (Å²) in [5, 5.41) is 6.98. The van der Waals surface area contributed by atoms with Gasteiger partial charge in [0.05, 0.1) is 18.2 Å². The Morgan fingerprint density at radius 1 is 1.19 bits per heavy atom. The van der Waals surface area contributed by atoms with Gasteiger partial charge in [-0.15, -0.1) is 0 Å².